The van der Waals surface area contributed by atoms with Gasteiger partial charge in [-0.1, -0.05) is 38.1 Å². The number of amides is 1. The molecule has 3 nitrogen and oxygen atoms in total. The average Bonchev–Trinajstić information content (AvgIpc) is 2.90. The largest absolute Gasteiger partial charge is 0.492 e. The molecule has 3 heteroatoms. The topological polar surface area (TPSA) is 52.3 Å². The second-order valence-electron chi connectivity index (χ2n) is 6.65. The van der Waals surface area contributed by atoms with Crippen molar-refractivity contribution in [2.45, 2.75) is 39.5 Å². The summed E-state index contributed by atoms with van der Waals surface area (Å²) in [5.41, 5.74) is 11.7. The fourth-order valence-electron chi connectivity index (χ4n) is 3.53. The summed E-state index contributed by atoms with van der Waals surface area (Å²) in [6, 6.07) is 10.6. The quantitative estimate of drug-likeness (QED) is 0.930. The third-order valence-corrected chi connectivity index (χ3v) is 4.79. The summed E-state index contributed by atoms with van der Waals surface area (Å²) in [5.74, 6) is 1.18. The zero-order valence-electron chi connectivity index (χ0n) is 14.1. The van der Waals surface area contributed by atoms with E-state index in [0.29, 0.717) is 18.1 Å². The Morgan fingerprint density at radius 3 is 2.43 bits per heavy atom. The van der Waals surface area contributed by atoms with Gasteiger partial charge in [-0.25, -0.2) is 0 Å². The number of ether oxygens (including phenoxy) is 1. The van der Waals surface area contributed by atoms with Gasteiger partial charge < -0.3 is 10.5 Å². The van der Waals surface area contributed by atoms with Crippen LogP contribution < -0.4 is 10.5 Å². The Kier molecular flexibility index (Phi) is 3.88. The zero-order valence-corrected chi connectivity index (χ0v) is 14.1. The summed E-state index contributed by atoms with van der Waals surface area (Å²) < 4.78 is 5.89. The zero-order chi connectivity index (χ0) is 16.7. The number of benzene rings is 2. The van der Waals surface area contributed by atoms with Crippen LogP contribution in [0.4, 0.5) is 0 Å². The van der Waals surface area contributed by atoms with Crippen LogP contribution in [0.25, 0.3) is 0 Å². The van der Waals surface area contributed by atoms with E-state index in [4.69, 9.17) is 10.5 Å². The summed E-state index contributed by atoms with van der Waals surface area (Å²) in [7, 11) is 0. The van der Waals surface area contributed by atoms with Crippen molar-refractivity contribution in [2.24, 2.45) is 5.73 Å². The Bertz CT molecular complexity index is 760. The number of nitrogens with two attached hydrogens (primary N) is 1. The van der Waals surface area contributed by atoms with Crippen LogP contribution in [0.15, 0.2) is 30.3 Å². The summed E-state index contributed by atoms with van der Waals surface area (Å²) in [4.78, 5) is 11.8. The number of primary amides is 1. The van der Waals surface area contributed by atoms with Crippen molar-refractivity contribution in [2.75, 3.05) is 6.61 Å². The molecule has 1 aliphatic heterocycles. The molecule has 0 bridgehead atoms. The summed E-state index contributed by atoms with van der Waals surface area (Å²) in [5, 5.41) is 0. The summed E-state index contributed by atoms with van der Waals surface area (Å²) >= 11 is 0. The number of hydrogen-bond donors (Lipinski definition) is 1. The molecule has 0 radical (unpaired) electrons. The molecule has 0 spiro atoms. The standard InChI is InChI=1S/C20H23NO2/c1-11(2)14-5-7-15(8-6-14)16-10-23-17-9-12(3)18(20(21)22)13(4)19(16)17/h5-9,11,16H,10H2,1-4H3,(H2,21,22). The van der Waals surface area contributed by atoms with Crippen LogP contribution in [-0.4, -0.2) is 12.5 Å². The highest BCUT2D eigenvalue weighted by atomic mass is 16.5. The number of hydrogen-bond acceptors (Lipinski definition) is 2. The lowest BCUT2D eigenvalue weighted by molar-refractivity contribution is 0.0999. The van der Waals surface area contributed by atoms with Crippen molar-refractivity contribution in [1.29, 1.82) is 0 Å². The molecule has 1 atom stereocenters. The molecule has 1 aliphatic rings. The number of carbonyl (C=O) groups excluding carboxylic acids is 1. The van der Waals surface area contributed by atoms with E-state index in [1.165, 1.54) is 11.1 Å². The molecular formula is C20H23NO2. The monoisotopic (exact) mass is 309 g/mol. The smallest absolute Gasteiger partial charge is 0.249 e. The first kappa shape index (κ1) is 15.6. The van der Waals surface area contributed by atoms with Crippen LogP contribution in [0.3, 0.4) is 0 Å². The number of rotatable bonds is 3. The minimum absolute atomic E-state index is 0.157. The first-order valence-electron chi connectivity index (χ1n) is 8.06. The highest BCUT2D eigenvalue weighted by molar-refractivity contribution is 5.96. The van der Waals surface area contributed by atoms with Crippen LogP contribution in [-0.2, 0) is 0 Å². The van der Waals surface area contributed by atoms with Gasteiger partial charge in [0.15, 0.2) is 0 Å². The molecule has 2 N–H and O–H groups in total. The minimum Gasteiger partial charge on any atom is -0.492 e. The highest BCUT2D eigenvalue weighted by Gasteiger charge is 2.30. The molecule has 0 aromatic heterocycles. The maximum absolute atomic E-state index is 11.8. The highest BCUT2D eigenvalue weighted by Crippen LogP contribution is 2.42. The molecule has 3 rings (SSSR count). The molecule has 1 unspecified atom stereocenters. The van der Waals surface area contributed by atoms with Gasteiger partial charge in [-0.3, -0.25) is 4.79 Å². The maximum Gasteiger partial charge on any atom is 0.249 e. The lowest BCUT2D eigenvalue weighted by Crippen LogP contribution is -2.16. The number of carbonyl (C=O) groups is 1. The van der Waals surface area contributed by atoms with Crippen molar-refractivity contribution in [1.82, 2.24) is 0 Å². The van der Waals surface area contributed by atoms with Crippen molar-refractivity contribution < 1.29 is 9.53 Å². The second-order valence-corrected chi connectivity index (χ2v) is 6.65. The van der Waals surface area contributed by atoms with E-state index >= 15 is 0 Å². The first-order chi connectivity index (χ1) is 10.9. The average molecular weight is 309 g/mol. The van der Waals surface area contributed by atoms with Crippen LogP contribution in [0, 0.1) is 13.8 Å². The molecule has 2 aromatic rings. The van der Waals surface area contributed by atoms with E-state index in [9.17, 15) is 4.79 Å². The van der Waals surface area contributed by atoms with Crippen LogP contribution in [0.5, 0.6) is 5.75 Å². The fourth-order valence-corrected chi connectivity index (χ4v) is 3.53. The van der Waals surface area contributed by atoms with Gasteiger partial charge in [0.25, 0.3) is 0 Å². The normalized spacial score (nSPS) is 16.3. The van der Waals surface area contributed by atoms with Crippen LogP contribution in [0.1, 0.15) is 63.9 Å². The summed E-state index contributed by atoms with van der Waals surface area (Å²) in [6.07, 6.45) is 0. The Balaban J connectivity index is 2.07. The molecule has 120 valence electrons. The third kappa shape index (κ3) is 2.61. The first-order valence-corrected chi connectivity index (χ1v) is 8.06. The number of fused-ring (bicyclic) bond motifs is 1. The molecule has 2 aromatic carbocycles. The van der Waals surface area contributed by atoms with Gasteiger partial charge in [-0.15, -0.1) is 0 Å². The lowest BCUT2D eigenvalue weighted by atomic mass is 9.86. The second kappa shape index (κ2) is 5.73. The minimum atomic E-state index is -0.372. The molecule has 0 aliphatic carbocycles. The van der Waals surface area contributed by atoms with Crippen molar-refractivity contribution in [3.8, 4) is 5.75 Å². The Hall–Kier alpha value is -2.29. The van der Waals surface area contributed by atoms with Crippen LogP contribution in [0.2, 0.25) is 0 Å². The predicted octanol–water partition coefficient (Wildman–Crippen LogP) is 4.05. The van der Waals surface area contributed by atoms with Gasteiger partial charge >= 0.3 is 0 Å². The van der Waals surface area contributed by atoms with E-state index in [-0.39, 0.29) is 11.8 Å². The number of aryl methyl sites for hydroxylation is 1. The Labute approximate surface area is 137 Å². The van der Waals surface area contributed by atoms with Crippen molar-refractivity contribution in [3.63, 3.8) is 0 Å². The van der Waals surface area contributed by atoms with Crippen molar-refractivity contribution in [3.05, 3.63) is 63.7 Å². The molecule has 1 amide bonds. The molecular weight excluding hydrogens is 286 g/mol. The van der Waals surface area contributed by atoms with Crippen LogP contribution >= 0.6 is 0 Å². The van der Waals surface area contributed by atoms with E-state index in [0.717, 1.165) is 22.4 Å². The Morgan fingerprint density at radius 2 is 1.87 bits per heavy atom. The van der Waals surface area contributed by atoms with E-state index < -0.39 is 0 Å². The van der Waals surface area contributed by atoms with Gasteiger partial charge in [0.05, 0.1) is 6.61 Å². The molecule has 0 saturated heterocycles. The third-order valence-electron chi connectivity index (χ3n) is 4.79. The van der Waals surface area contributed by atoms with Gasteiger partial charge in [-0.2, -0.15) is 0 Å². The SMILES string of the molecule is Cc1cc2c(c(C)c1C(N)=O)C(c1ccc(C(C)C)cc1)CO2. The van der Waals surface area contributed by atoms with Gasteiger partial charge in [-0.05, 0) is 48.1 Å². The van der Waals surface area contributed by atoms with Gasteiger partial charge in [0.2, 0.25) is 5.91 Å². The predicted molar refractivity (Wildman–Crippen MR) is 92.3 cm³/mol. The van der Waals surface area contributed by atoms with Gasteiger partial charge in [0, 0.05) is 17.0 Å². The summed E-state index contributed by atoms with van der Waals surface area (Å²) in [6.45, 7) is 8.86. The maximum atomic E-state index is 11.8. The van der Waals surface area contributed by atoms with E-state index in [1.54, 1.807) is 0 Å². The van der Waals surface area contributed by atoms with E-state index in [1.807, 2.05) is 19.9 Å². The molecule has 23 heavy (non-hydrogen) atoms. The Morgan fingerprint density at radius 1 is 1.22 bits per heavy atom. The lowest BCUT2D eigenvalue weighted by Gasteiger charge is -2.16. The fraction of sp³-hybridized carbons (Fsp3) is 0.350. The van der Waals surface area contributed by atoms with Gasteiger partial charge in [0.1, 0.15) is 5.75 Å². The molecule has 0 fully saturated rings. The van der Waals surface area contributed by atoms with Crippen molar-refractivity contribution >= 4 is 5.91 Å². The van der Waals surface area contributed by atoms with E-state index in [2.05, 4.69) is 38.1 Å². The molecule has 1 heterocycles. The molecule has 0 saturated carbocycles.